The highest BCUT2D eigenvalue weighted by atomic mass is 35.5. The monoisotopic (exact) mass is 447 g/mol. The number of benzene rings is 3. The smallest absolute Gasteiger partial charge is 0.259 e. The van der Waals surface area contributed by atoms with Crippen molar-refractivity contribution < 1.29 is 19.5 Å². The first-order valence-electron chi connectivity index (χ1n) is 10.1. The quantitative estimate of drug-likeness (QED) is 0.308. The minimum absolute atomic E-state index is 0.00717. The SMILES string of the molecule is O=CNc1ccc2c(c1)c1c3c(c(-c4ccccc4Cl)cc1n2CCCO)C(=O)NC3=O. The van der Waals surface area contributed by atoms with Crippen LogP contribution in [0.25, 0.3) is 32.9 Å². The van der Waals surface area contributed by atoms with Gasteiger partial charge in [-0.2, -0.15) is 0 Å². The summed E-state index contributed by atoms with van der Waals surface area (Å²) in [5, 5.41) is 16.3. The zero-order valence-corrected chi connectivity index (χ0v) is 17.6. The predicted molar refractivity (Wildman–Crippen MR) is 123 cm³/mol. The largest absolute Gasteiger partial charge is 0.396 e. The number of aliphatic hydroxyl groups excluding tert-OH is 1. The van der Waals surface area contributed by atoms with Crippen LogP contribution in [0.1, 0.15) is 27.1 Å². The van der Waals surface area contributed by atoms with E-state index in [0.29, 0.717) is 52.2 Å². The summed E-state index contributed by atoms with van der Waals surface area (Å²) >= 11 is 6.46. The van der Waals surface area contributed by atoms with Gasteiger partial charge in [0.1, 0.15) is 0 Å². The molecule has 3 amide bonds. The molecule has 3 N–H and O–H groups in total. The Kier molecular flexibility index (Phi) is 4.92. The van der Waals surface area contributed by atoms with Gasteiger partial charge in [-0.3, -0.25) is 19.7 Å². The lowest BCUT2D eigenvalue weighted by Gasteiger charge is -2.12. The van der Waals surface area contributed by atoms with Gasteiger partial charge in [-0.05, 0) is 42.3 Å². The molecule has 0 saturated carbocycles. The zero-order chi connectivity index (χ0) is 22.4. The molecule has 0 spiro atoms. The fourth-order valence-electron chi connectivity index (χ4n) is 4.47. The average molecular weight is 448 g/mol. The van der Waals surface area contributed by atoms with Gasteiger partial charge in [0.15, 0.2) is 0 Å². The van der Waals surface area contributed by atoms with Gasteiger partial charge >= 0.3 is 0 Å². The van der Waals surface area contributed by atoms with E-state index in [4.69, 9.17) is 11.6 Å². The molecule has 1 aliphatic heterocycles. The molecule has 4 aromatic rings. The van der Waals surface area contributed by atoms with Crippen molar-refractivity contribution in [3.05, 3.63) is 64.7 Å². The fraction of sp³-hybridized carbons (Fsp3) is 0.125. The van der Waals surface area contributed by atoms with Crippen LogP contribution in [0.15, 0.2) is 48.5 Å². The van der Waals surface area contributed by atoms with Crippen molar-refractivity contribution in [1.82, 2.24) is 9.88 Å². The third-order valence-electron chi connectivity index (χ3n) is 5.76. The third-order valence-corrected chi connectivity index (χ3v) is 6.09. The van der Waals surface area contributed by atoms with Gasteiger partial charge in [0.05, 0.1) is 16.6 Å². The summed E-state index contributed by atoms with van der Waals surface area (Å²) in [6, 6.07) is 14.5. The second kappa shape index (κ2) is 7.78. The van der Waals surface area contributed by atoms with Crippen LogP contribution in [-0.2, 0) is 11.3 Å². The maximum Gasteiger partial charge on any atom is 0.259 e. The number of aromatic nitrogens is 1. The van der Waals surface area contributed by atoms with Crippen LogP contribution < -0.4 is 10.6 Å². The van der Waals surface area contributed by atoms with E-state index in [2.05, 4.69) is 10.6 Å². The van der Waals surface area contributed by atoms with Crippen molar-refractivity contribution in [2.24, 2.45) is 0 Å². The standard InChI is InChI=1S/C24H18ClN3O4/c25-17-5-2-1-4-14(17)15-11-19-20(22-21(15)23(31)27-24(22)32)16-10-13(26-12-30)6-7-18(16)28(19)8-3-9-29/h1-2,4-7,10-12,29H,3,8-9H2,(H,26,30)(H,27,31,32). The number of aliphatic hydroxyl groups is 1. The molecule has 0 unspecified atom stereocenters. The highest BCUT2D eigenvalue weighted by Crippen LogP contribution is 2.42. The number of carbonyl (C=O) groups excluding carboxylic acids is 3. The van der Waals surface area contributed by atoms with Gasteiger partial charge in [-0.25, -0.2) is 0 Å². The normalized spacial score (nSPS) is 12.9. The first-order chi connectivity index (χ1) is 15.5. The summed E-state index contributed by atoms with van der Waals surface area (Å²) < 4.78 is 2.02. The molecular formula is C24H18ClN3O4. The lowest BCUT2D eigenvalue weighted by atomic mass is 9.93. The summed E-state index contributed by atoms with van der Waals surface area (Å²) in [5.41, 5.74) is 3.94. The molecule has 2 heterocycles. The van der Waals surface area contributed by atoms with E-state index in [0.717, 1.165) is 16.4 Å². The second-order valence-electron chi connectivity index (χ2n) is 7.55. The van der Waals surface area contributed by atoms with Gasteiger partial charge in [-0.15, -0.1) is 0 Å². The van der Waals surface area contributed by atoms with Gasteiger partial charge in [-0.1, -0.05) is 29.8 Å². The molecule has 1 aromatic heterocycles. The van der Waals surface area contributed by atoms with Crippen molar-refractivity contribution in [2.75, 3.05) is 11.9 Å². The Morgan fingerprint density at radius 3 is 2.53 bits per heavy atom. The van der Waals surface area contributed by atoms with E-state index < -0.39 is 11.8 Å². The van der Waals surface area contributed by atoms with E-state index in [1.54, 1.807) is 24.3 Å². The second-order valence-corrected chi connectivity index (χ2v) is 7.96. The Labute approximate surface area is 187 Å². The summed E-state index contributed by atoms with van der Waals surface area (Å²) in [6.45, 7) is 0.514. The zero-order valence-electron chi connectivity index (χ0n) is 16.8. The summed E-state index contributed by atoms with van der Waals surface area (Å²) in [7, 11) is 0. The van der Waals surface area contributed by atoms with Crippen LogP contribution in [0, 0.1) is 0 Å². The van der Waals surface area contributed by atoms with Crippen LogP contribution in [0.3, 0.4) is 0 Å². The number of hydrogen-bond donors (Lipinski definition) is 3. The van der Waals surface area contributed by atoms with Crippen LogP contribution in [0.4, 0.5) is 5.69 Å². The van der Waals surface area contributed by atoms with Crippen molar-refractivity contribution in [3.63, 3.8) is 0 Å². The molecule has 8 heteroatoms. The number of imide groups is 1. The maximum absolute atomic E-state index is 13.0. The molecule has 3 aromatic carbocycles. The first-order valence-corrected chi connectivity index (χ1v) is 10.5. The lowest BCUT2D eigenvalue weighted by molar-refractivity contribution is -0.105. The lowest BCUT2D eigenvalue weighted by Crippen LogP contribution is -2.20. The molecule has 0 fully saturated rings. The Morgan fingerprint density at radius 2 is 1.78 bits per heavy atom. The Bertz CT molecular complexity index is 1440. The number of hydrogen-bond acceptors (Lipinski definition) is 4. The van der Waals surface area contributed by atoms with E-state index in [1.807, 2.05) is 28.8 Å². The highest BCUT2D eigenvalue weighted by molar-refractivity contribution is 6.36. The van der Waals surface area contributed by atoms with Gasteiger partial charge in [0.2, 0.25) is 6.41 Å². The van der Waals surface area contributed by atoms with E-state index in [9.17, 15) is 19.5 Å². The Morgan fingerprint density at radius 1 is 1.00 bits per heavy atom. The Hall–Kier alpha value is -3.68. The van der Waals surface area contributed by atoms with Crippen LogP contribution >= 0.6 is 11.6 Å². The number of nitrogens with one attached hydrogen (secondary N) is 2. The van der Waals surface area contributed by atoms with Crippen LogP contribution in [0.2, 0.25) is 5.02 Å². The number of aryl methyl sites for hydroxylation is 1. The van der Waals surface area contributed by atoms with Crippen molar-refractivity contribution in [1.29, 1.82) is 0 Å². The maximum atomic E-state index is 13.0. The summed E-state index contributed by atoms with van der Waals surface area (Å²) in [6.07, 6.45) is 1.10. The average Bonchev–Trinajstić information content (AvgIpc) is 3.25. The molecule has 1 aliphatic rings. The molecule has 0 radical (unpaired) electrons. The number of amides is 3. The molecule has 160 valence electrons. The van der Waals surface area contributed by atoms with E-state index >= 15 is 0 Å². The number of fused-ring (bicyclic) bond motifs is 5. The number of carbonyl (C=O) groups is 3. The molecule has 0 aliphatic carbocycles. The van der Waals surface area contributed by atoms with E-state index in [1.165, 1.54) is 0 Å². The fourth-order valence-corrected chi connectivity index (χ4v) is 4.70. The summed E-state index contributed by atoms with van der Waals surface area (Å²) in [4.78, 5) is 36.8. The molecule has 7 nitrogen and oxygen atoms in total. The molecule has 0 atom stereocenters. The Balaban J connectivity index is 1.95. The number of rotatable bonds is 6. The van der Waals surface area contributed by atoms with Crippen molar-refractivity contribution in [3.8, 4) is 11.1 Å². The van der Waals surface area contributed by atoms with Crippen LogP contribution in [0.5, 0.6) is 0 Å². The minimum Gasteiger partial charge on any atom is -0.396 e. The van der Waals surface area contributed by atoms with Gasteiger partial charge in [0.25, 0.3) is 11.8 Å². The molecule has 32 heavy (non-hydrogen) atoms. The molecule has 5 rings (SSSR count). The van der Waals surface area contributed by atoms with Crippen molar-refractivity contribution >= 4 is 57.3 Å². The topological polar surface area (TPSA) is 100 Å². The number of halogens is 1. The molecule has 0 saturated heterocycles. The van der Waals surface area contributed by atoms with E-state index in [-0.39, 0.29) is 12.2 Å². The number of nitrogens with zero attached hydrogens (tertiary/aromatic N) is 1. The van der Waals surface area contributed by atoms with Gasteiger partial charge < -0.3 is 15.0 Å². The van der Waals surface area contributed by atoms with Crippen LogP contribution in [-0.4, -0.2) is 34.5 Å². The predicted octanol–water partition coefficient (Wildman–Crippen LogP) is 3.95. The number of anilines is 1. The summed E-state index contributed by atoms with van der Waals surface area (Å²) in [5.74, 6) is -0.945. The highest BCUT2D eigenvalue weighted by Gasteiger charge is 2.34. The molecule has 0 bridgehead atoms. The first kappa shape index (κ1) is 20.2. The van der Waals surface area contributed by atoms with Crippen molar-refractivity contribution in [2.45, 2.75) is 13.0 Å². The minimum atomic E-state index is -0.473. The molecular weight excluding hydrogens is 430 g/mol. The third kappa shape index (κ3) is 2.97. The van der Waals surface area contributed by atoms with Gasteiger partial charge in [0, 0.05) is 45.7 Å².